The smallest absolute Gasteiger partial charge is 0.228 e. The van der Waals surface area contributed by atoms with Gasteiger partial charge in [0.25, 0.3) is 0 Å². The summed E-state index contributed by atoms with van der Waals surface area (Å²) in [6, 6.07) is 14.5. The number of methoxy groups -OCH3 is 1. The van der Waals surface area contributed by atoms with Gasteiger partial charge < -0.3 is 15.4 Å². The van der Waals surface area contributed by atoms with E-state index >= 15 is 0 Å². The van der Waals surface area contributed by atoms with E-state index < -0.39 is 0 Å². The molecule has 0 bridgehead atoms. The van der Waals surface area contributed by atoms with Gasteiger partial charge in [-0.15, -0.1) is 0 Å². The van der Waals surface area contributed by atoms with Crippen LogP contribution in [-0.4, -0.2) is 18.9 Å². The molecule has 0 aliphatic heterocycles. The van der Waals surface area contributed by atoms with Gasteiger partial charge in [-0.05, 0) is 24.3 Å². The van der Waals surface area contributed by atoms with E-state index in [-0.39, 0.29) is 24.2 Å². The van der Waals surface area contributed by atoms with Crippen molar-refractivity contribution < 1.29 is 14.3 Å². The van der Waals surface area contributed by atoms with Gasteiger partial charge in [0.15, 0.2) is 0 Å². The van der Waals surface area contributed by atoms with Crippen molar-refractivity contribution in [2.75, 3.05) is 17.7 Å². The summed E-state index contributed by atoms with van der Waals surface area (Å²) in [6.45, 7) is 3.66. The number of ether oxygens (including phenoxy) is 1. The molecule has 2 amide bonds. The molecule has 0 saturated carbocycles. The van der Waals surface area contributed by atoms with Crippen molar-refractivity contribution in [3.05, 3.63) is 54.1 Å². The van der Waals surface area contributed by atoms with Gasteiger partial charge in [0.1, 0.15) is 5.75 Å². The summed E-state index contributed by atoms with van der Waals surface area (Å²) >= 11 is 0. The molecule has 0 unspecified atom stereocenters. The van der Waals surface area contributed by atoms with Crippen LogP contribution in [0.5, 0.6) is 5.75 Å². The Balaban J connectivity index is 2.02. The third-order valence-corrected chi connectivity index (χ3v) is 3.48. The predicted octanol–water partition coefficient (Wildman–Crippen LogP) is 3.47. The van der Waals surface area contributed by atoms with E-state index in [1.165, 1.54) is 0 Å². The predicted molar refractivity (Wildman–Crippen MR) is 95.2 cm³/mol. The lowest BCUT2D eigenvalue weighted by Crippen LogP contribution is -2.18. The van der Waals surface area contributed by atoms with E-state index in [0.717, 1.165) is 5.56 Å². The Morgan fingerprint density at radius 3 is 2.33 bits per heavy atom. The number of nitrogens with one attached hydrogen (secondary N) is 2. The number of carbonyl (C=O) groups is 2. The molecule has 2 aromatic carbocycles. The zero-order valence-electron chi connectivity index (χ0n) is 14.1. The molecule has 0 spiro atoms. The van der Waals surface area contributed by atoms with Gasteiger partial charge in [0, 0.05) is 22.9 Å². The van der Waals surface area contributed by atoms with Crippen LogP contribution in [0.2, 0.25) is 0 Å². The van der Waals surface area contributed by atoms with Crippen molar-refractivity contribution in [3.8, 4) is 5.75 Å². The molecule has 2 rings (SSSR count). The van der Waals surface area contributed by atoms with Crippen molar-refractivity contribution in [1.82, 2.24) is 0 Å². The average Bonchev–Trinajstić information content (AvgIpc) is 2.55. The molecule has 24 heavy (non-hydrogen) atoms. The highest BCUT2D eigenvalue weighted by molar-refractivity contribution is 5.95. The van der Waals surface area contributed by atoms with Crippen LogP contribution >= 0.6 is 0 Å². The van der Waals surface area contributed by atoms with E-state index in [1.807, 2.05) is 38.1 Å². The number of amides is 2. The summed E-state index contributed by atoms with van der Waals surface area (Å²) in [5.74, 6) is 0.374. The average molecular weight is 326 g/mol. The first-order chi connectivity index (χ1) is 11.5. The molecule has 0 aliphatic carbocycles. The van der Waals surface area contributed by atoms with E-state index in [1.54, 1.807) is 31.4 Å². The summed E-state index contributed by atoms with van der Waals surface area (Å²) in [4.78, 5) is 24.0. The minimum absolute atomic E-state index is 0.0625. The van der Waals surface area contributed by atoms with E-state index in [9.17, 15) is 9.59 Å². The lowest BCUT2D eigenvalue weighted by molar-refractivity contribution is -0.119. The van der Waals surface area contributed by atoms with Crippen LogP contribution < -0.4 is 15.4 Å². The third-order valence-electron chi connectivity index (χ3n) is 3.48. The second kappa shape index (κ2) is 8.15. The third kappa shape index (κ3) is 4.84. The molecule has 0 saturated heterocycles. The molecule has 0 heterocycles. The zero-order valence-corrected chi connectivity index (χ0v) is 14.1. The largest absolute Gasteiger partial charge is 0.496 e. The number of para-hydroxylation sites is 1. The number of hydrogen-bond donors (Lipinski definition) is 2. The summed E-state index contributed by atoms with van der Waals surface area (Å²) in [5, 5.41) is 5.65. The molecule has 126 valence electrons. The van der Waals surface area contributed by atoms with Gasteiger partial charge in [0.2, 0.25) is 11.8 Å². The number of anilines is 2. The zero-order chi connectivity index (χ0) is 17.5. The summed E-state index contributed by atoms with van der Waals surface area (Å²) in [6.07, 6.45) is 0.215. The summed E-state index contributed by atoms with van der Waals surface area (Å²) < 4.78 is 5.25. The fraction of sp³-hybridized carbons (Fsp3) is 0.263. The van der Waals surface area contributed by atoms with Crippen LogP contribution in [-0.2, 0) is 16.0 Å². The Hall–Kier alpha value is -2.82. The first-order valence-electron chi connectivity index (χ1n) is 7.82. The van der Waals surface area contributed by atoms with Crippen LogP contribution in [0.15, 0.2) is 48.5 Å². The lowest BCUT2D eigenvalue weighted by Gasteiger charge is -2.11. The number of carbonyl (C=O) groups excluding carboxylic acids is 2. The highest BCUT2D eigenvalue weighted by Gasteiger charge is 2.10. The number of hydrogen-bond acceptors (Lipinski definition) is 3. The maximum Gasteiger partial charge on any atom is 0.228 e. The minimum Gasteiger partial charge on any atom is -0.496 e. The maximum absolute atomic E-state index is 12.2. The molecule has 2 N–H and O–H groups in total. The first kappa shape index (κ1) is 17.5. The normalized spacial score (nSPS) is 10.3. The van der Waals surface area contributed by atoms with Crippen LogP contribution in [0.1, 0.15) is 19.4 Å². The van der Waals surface area contributed by atoms with Crippen LogP contribution in [0.4, 0.5) is 11.4 Å². The Morgan fingerprint density at radius 2 is 1.67 bits per heavy atom. The molecule has 5 nitrogen and oxygen atoms in total. The quantitative estimate of drug-likeness (QED) is 0.854. The highest BCUT2D eigenvalue weighted by atomic mass is 16.5. The molecule has 0 radical (unpaired) electrons. The van der Waals surface area contributed by atoms with Gasteiger partial charge in [0.05, 0.1) is 13.5 Å². The minimum atomic E-state index is -0.146. The fourth-order valence-corrected chi connectivity index (χ4v) is 2.19. The molecule has 0 aliphatic rings. The van der Waals surface area contributed by atoms with Gasteiger partial charge in [-0.3, -0.25) is 9.59 Å². The Kier molecular flexibility index (Phi) is 5.95. The van der Waals surface area contributed by atoms with Gasteiger partial charge >= 0.3 is 0 Å². The highest BCUT2D eigenvalue weighted by Crippen LogP contribution is 2.20. The van der Waals surface area contributed by atoms with E-state index in [0.29, 0.717) is 17.1 Å². The van der Waals surface area contributed by atoms with Gasteiger partial charge in [-0.1, -0.05) is 38.1 Å². The first-order valence-corrected chi connectivity index (χ1v) is 7.82. The molecular weight excluding hydrogens is 304 g/mol. The molecular formula is C19H22N2O3. The summed E-state index contributed by atoms with van der Waals surface area (Å²) in [5.41, 5.74) is 2.11. The van der Waals surface area contributed by atoms with Crippen molar-refractivity contribution in [3.63, 3.8) is 0 Å². The van der Waals surface area contributed by atoms with E-state index in [4.69, 9.17) is 4.74 Å². The fourth-order valence-electron chi connectivity index (χ4n) is 2.19. The van der Waals surface area contributed by atoms with Gasteiger partial charge in [-0.2, -0.15) is 0 Å². The Morgan fingerprint density at radius 1 is 1.00 bits per heavy atom. The topological polar surface area (TPSA) is 67.4 Å². The second-order valence-corrected chi connectivity index (χ2v) is 5.76. The summed E-state index contributed by atoms with van der Waals surface area (Å²) in [7, 11) is 1.58. The van der Waals surface area contributed by atoms with Crippen molar-refractivity contribution >= 4 is 23.2 Å². The van der Waals surface area contributed by atoms with Gasteiger partial charge in [-0.25, -0.2) is 0 Å². The number of benzene rings is 2. The van der Waals surface area contributed by atoms with Crippen LogP contribution in [0.3, 0.4) is 0 Å². The van der Waals surface area contributed by atoms with Crippen molar-refractivity contribution in [2.45, 2.75) is 20.3 Å². The van der Waals surface area contributed by atoms with Crippen LogP contribution in [0, 0.1) is 5.92 Å². The van der Waals surface area contributed by atoms with E-state index in [2.05, 4.69) is 10.6 Å². The SMILES string of the molecule is COc1ccccc1CC(=O)Nc1cccc(NC(=O)C(C)C)c1. The van der Waals surface area contributed by atoms with Crippen molar-refractivity contribution in [1.29, 1.82) is 0 Å². The maximum atomic E-state index is 12.2. The molecule has 0 aromatic heterocycles. The second-order valence-electron chi connectivity index (χ2n) is 5.76. The molecule has 0 fully saturated rings. The Labute approximate surface area is 142 Å². The number of rotatable bonds is 6. The molecule has 5 heteroatoms. The standard InChI is InChI=1S/C19H22N2O3/c1-13(2)19(23)21-16-9-6-8-15(12-16)20-18(22)11-14-7-4-5-10-17(14)24-3/h4-10,12-13H,11H2,1-3H3,(H,20,22)(H,21,23). The van der Waals surface area contributed by atoms with Crippen LogP contribution in [0.25, 0.3) is 0 Å². The monoisotopic (exact) mass is 326 g/mol. The Bertz CT molecular complexity index is 726. The molecule has 2 aromatic rings. The lowest BCUT2D eigenvalue weighted by atomic mass is 10.1. The van der Waals surface area contributed by atoms with Crippen molar-refractivity contribution in [2.24, 2.45) is 5.92 Å². The molecule has 0 atom stereocenters.